The van der Waals surface area contributed by atoms with Crippen molar-refractivity contribution in [1.82, 2.24) is 29.8 Å². The van der Waals surface area contributed by atoms with Crippen LogP contribution in [0.5, 0.6) is 0 Å². The van der Waals surface area contributed by atoms with Crippen LogP contribution >= 0.6 is 0 Å². The SMILES string of the molecule is Cc1[nH]nc2cc([N+](=O)[O-])ccc12.Cc1nn(C)c2cc(N)ccc12.Cc1nn(C)c2cc([N+](=O)[O-])ccc12. The molecule has 13 heteroatoms. The van der Waals surface area contributed by atoms with Crippen LogP contribution in [0.15, 0.2) is 54.6 Å². The van der Waals surface area contributed by atoms with Crippen LogP contribution in [0.2, 0.25) is 0 Å². The average molecular weight is 530 g/mol. The molecular weight excluding hydrogens is 502 g/mol. The van der Waals surface area contributed by atoms with Crippen LogP contribution in [0.25, 0.3) is 32.7 Å². The number of anilines is 1. The number of aromatic amines is 1. The van der Waals surface area contributed by atoms with Crippen molar-refractivity contribution in [3.05, 3.63) is 91.9 Å². The predicted octanol–water partition coefficient (Wildman–Crippen LogP) is 5.03. The molecule has 0 bridgehead atoms. The first-order valence-corrected chi connectivity index (χ1v) is 11.8. The third-order valence-electron chi connectivity index (χ3n) is 6.23. The second-order valence-corrected chi connectivity index (χ2v) is 8.96. The van der Waals surface area contributed by atoms with E-state index >= 15 is 0 Å². The minimum absolute atomic E-state index is 0.0685. The lowest BCUT2D eigenvalue weighted by Gasteiger charge is -1.94. The van der Waals surface area contributed by atoms with Crippen LogP contribution in [0.4, 0.5) is 17.1 Å². The molecule has 6 rings (SSSR count). The van der Waals surface area contributed by atoms with Gasteiger partial charge in [0.25, 0.3) is 11.4 Å². The second-order valence-electron chi connectivity index (χ2n) is 8.96. The van der Waals surface area contributed by atoms with E-state index < -0.39 is 9.85 Å². The van der Waals surface area contributed by atoms with Crippen LogP contribution in [0.3, 0.4) is 0 Å². The molecule has 3 N–H and O–H groups in total. The van der Waals surface area contributed by atoms with Crippen molar-refractivity contribution in [1.29, 1.82) is 0 Å². The average Bonchev–Trinajstić information content (AvgIpc) is 3.51. The maximum absolute atomic E-state index is 10.5. The number of fused-ring (bicyclic) bond motifs is 3. The second kappa shape index (κ2) is 10.6. The number of nitrogens with zero attached hydrogens (tertiary/aromatic N) is 7. The summed E-state index contributed by atoms with van der Waals surface area (Å²) in [4.78, 5) is 20.1. The number of aromatic nitrogens is 6. The summed E-state index contributed by atoms with van der Waals surface area (Å²) in [5.74, 6) is 0. The summed E-state index contributed by atoms with van der Waals surface area (Å²) >= 11 is 0. The standard InChI is InChI=1S/C9H9N3O2.C9H11N3.C8H7N3O2/c1-6-8-4-3-7(12(13)14)5-9(8)11(2)10-6;1-6-8-4-3-7(10)5-9(8)12(2)11-6;1-5-7-3-2-6(11(12)13)4-8(7)10-9-5/h3-5H,1-2H3;3-5H,10H2,1-2H3;2-4H,1H3,(H,9,10). The molecule has 0 fully saturated rings. The fourth-order valence-corrected chi connectivity index (χ4v) is 4.24. The number of nitrogen functional groups attached to an aromatic ring is 1. The maximum atomic E-state index is 10.5. The van der Waals surface area contributed by atoms with Crippen LogP contribution < -0.4 is 5.73 Å². The Hall–Kier alpha value is -5.33. The molecule has 0 unspecified atom stereocenters. The van der Waals surface area contributed by atoms with Gasteiger partial charge >= 0.3 is 0 Å². The van der Waals surface area contributed by atoms with Gasteiger partial charge in [0.05, 0.1) is 37.8 Å². The zero-order chi connectivity index (χ0) is 28.4. The van der Waals surface area contributed by atoms with E-state index in [4.69, 9.17) is 5.73 Å². The summed E-state index contributed by atoms with van der Waals surface area (Å²) in [6, 6.07) is 15.2. The van der Waals surface area contributed by atoms with E-state index in [1.54, 1.807) is 23.9 Å². The van der Waals surface area contributed by atoms with Crippen LogP contribution in [0.1, 0.15) is 17.1 Å². The van der Waals surface area contributed by atoms with E-state index in [0.717, 1.165) is 44.6 Å². The van der Waals surface area contributed by atoms with Gasteiger partial charge in [-0.05, 0) is 51.1 Å². The highest BCUT2D eigenvalue weighted by atomic mass is 16.6. The molecule has 0 amide bonds. The van der Waals surface area contributed by atoms with Gasteiger partial charge in [0, 0.05) is 65.9 Å². The lowest BCUT2D eigenvalue weighted by Crippen LogP contribution is -1.91. The minimum Gasteiger partial charge on any atom is -0.399 e. The summed E-state index contributed by atoms with van der Waals surface area (Å²) in [5, 5.41) is 39.2. The number of aryl methyl sites for hydroxylation is 5. The zero-order valence-electron chi connectivity index (χ0n) is 22.0. The van der Waals surface area contributed by atoms with Crippen LogP contribution in [0, 0.1) is 41.0 Å². The number of rotatable bonds is 2. The topological polar surface area (TPSA) is 177 Å². The first-order valence-electron chi connectivity index (χ1n) is 11.8. The highest BCUT2D eigenvalue weighted by molar-refractivity contribution is 5.85. The quantitative estimate of drug-likeness (QED) is 0.178. The Morgan fingerprint density at radius 1 is 0.744 bits per heavy atom. The number of nitrogens with two attached hydrogens (primary N) is 1. The van der Waals surface area contributed by atoms with Crippen molar-refractivity contribution in [3.63, 3.8) is 0 Å². The number of non-ortho nitro benzene ring substituents is 2. The Morgan fingerprint density at radius 3 is 1.79 bits per heavy atom. The Morgan fingerprint density at radius 2 is 1.23 bits per heavy atom. The lowest BCUT2D eigenvalue weighted by atomic mass is 10.2. The van der Waals surface area contributed by atoms with Gasteiger partial charge < -0.3 is 5.73 Å². The summed E-state index contributed by atoms with van der Waals surface area (Å²) in [5.41, 5.74) is 12.0. The smallest absolute Gasteiger partial charge is 0.271 e. The Balaban J connectivity index is 0.000000136. The fourth-order valence-electron chi connectivity index (χ4n) is 4.24. The first-order chi connectivity index (χ1) is 18.5. The molecule has 3 heterocycles. The molecule has 0 radical (unpaired) electrons. The highest BCUT2D eigenvalue weighted by Gasteiger charge is 2.11. The molecule has 13 nitrogen and oxygen atoms in total. The van der Waals surface area contributed by atoms with Crippen molar-refractivity contribution in [2.24, 2.45) is 14.1 Å². The number of nitro groups is 2. The number of hydrogen-bond acceptors (Lipinski definition) is 8. The van der Waals surface area contributed by atoms with E-state index in [-0.39, 0.29) is 11.4 Å². The van der Waals surface area contributed by atoms with E-state index in [1.165, 1.54) is 29.7 Å². The lowest BCUT2D eigenvalue weighted by molar-refractivity contribution is -0.384. The van der Waals surface area contributed by atoms with Crippen molar-refractivity contribution in [2.75, 3.05) is 5.73 Å². The summed E-state index contributed by atoms with van der Waals surface area (Å²) in [7, 11) is 3.70. The maximum Gasteiger partial charge on any atom is 0.271 e. The summed E-state index contributed by atoms with van der Waals surface area (Å²) < 4.78 is 3.50. The summed E-state index contributed by atoms with van der Waals surface area (Å²) in [6.45, 7) is 5.76. The number of benzene rings is 3. The van der Waals surface area contributed by atoms with Crippen molar-refractivity contribution in [3.8, 4) is 0 Å². The molecule has 6 aromatic rings. The van der Waals surface area contributed by atoms with Gasteiger partial charge in [-0.3, -0.25) is 34.7 Å². The first kappa shape index (κ1) is 26.7. The molecule has 0 saturated heterocycles. The van der Waals surface area contributed by atoms with Crippen molar-refractivity contribution in [2.45, 2.75) is 20.8 Å². The van der Waals surface area contributed by atoms with Crippen molar-refractivity contribution >= 4 is 49.8 Å². The minimum atomic E-state index is -0.427. The molecule has 0 saturated carbocycles. The molecule has 0 aliphatic rings. The normalized spacial score (nSPS) is 10.7. The van der Waals surface area contributed by atoms with Gasteiger partial charge in [0.2, 0.25) is 0 Å². The zero-order valence-corrected chi connectivity index (χ0v) is 22.0. The van der Waals surface area contributed by atoms with Gasteiger partial charge in [-0.2, -0.15) is 15.3 Å². The van der Waals surface area contributed by atoms with Gasteiger partial charge in [0.1, 0.15) is 0 Å². The highest BCUT2D eigenvalue weighted by Crippen LogP contribution is 2.23. The molecule has 0 aliphatic carbocycles. The van der Waals surface area contributed by atoms with Gasteiger partial charge in [-0.15, -0.1) is 0 Å². The third-order valence-corrected chi connectivity index (χ3v) is 6.23. The number of hydrogen-bond donors (Lipinski definition) is 2. The molecule has 200 valence electrons. The van der Waals surface area contributed by atoms with E-state index in [1.807, 2.05) is 50.7 Å². The van der Waals surface area contributed by atoms with E-state index in [2.05, 4.69) is 20.4 Å². The van der Waals surface area contributed by atoms with E-state index in [0.29, 0.717) is 5.52 Å². The molecule has 0 spiro atoms. The van der Waals surface area contributed by atoms with Crippen LogP contribution in [-0.2, 0) is 14.1 Å². The van der Waals surface area contributed by atoms with Gasteiger partial charge in [-0.1, -0.05) is 0 Å². The Bertz CT molecular complexity index is 1850. The Kier molecular flexibility index (Phi) is 7.25. The predicted molar refractivity (Wildman–Crippen MR) is 149 cm³/mol. The number of H-pyrrole nitrogens is 1. The number of nitro benzene ring substituents is 2. The van der Waals surface area contributed by atoms with Crippen molar-refractivity contribution < 1.29 is 9.85 Å². The Labute approximate surface area is 222 Å². The summed E-state index contributed by atoms with van der Waals surface area (Å²) in [6.07, 6.45) is 0. The monoisotopic (exact) mass is 529 g/mol. The number of nitrogens with one attached hydrogen (secondary N) is 1. The molecule has 0 atom stereocenters. The third kappa shape index (κ3) is 5.51. The molecule has 39 heavy (non-hydrogen) atoms. The van der Waals surface area contributed by atoms with Crippen LogP contribution in [-0.4, -0.2) is 39.6 Å². The fraction of sp³-hybridized carbons (Fsp3) is 0.192. The molecule has 3 aromatic heterocycles. The van der Waals surface area contributed by atoms with E-state index in [9.17, 15) is 20.2 Å². The largest absolute Gasteiger partial charge is 0.399 e. The molecular formula is C26H27N9O4. The molecule has 0 aliphatic heterocycles. The van der Waals surface area contributed by atoms with Gasteiger partial charge in [0.15, 0.2) is 0 Å². The molecule has 3 aromatic carbocycles. The van der Waals surface area contributed by atoms with Gasteiger partial charge in [-0.25, -0.2) is 0 Å².